The van der Waals surface area contributed by atoms with Crippen LogP contribution in [0.1, 0.15) is 85.4 Å². The maximum atomic E-state index is 14.0. The van der Waals surface area contributed by atoms with Gasteiger partial charge in [0.25, 0.3) is 0 Å². The summed E-state index contributed by atoms with van der Waals surface area (Å²) >= 11 is 7.92. The summed E-state index contributed by atoms with van der Waals surface area (Å²) in [6, 6.07) is 17.4. The number of carbonyl (C=O) groups is 1. The molecule has 10 heteroatoms. The molecule has 8 nitrogen and oxygen atoms in total. The van der Waals surface area contributed by atoms with E-state index >= 15 is 0 Å². The van der Waals surface area contributed by atoms with Crippen LogP contribution in [0.2, 0.25) is 5.02 Å². The number of aromatic nitrogens is 3. The van der Waals surface area contributed by atoms with Crippen LogP contribution in [0.25, 0.3) is 0 Å². The van der Waals surface area contributed by atoms with Gasteiger partial charge in [0.2, 0.25) is 11.1 Å². The van der Waals surface area contributed by atoms with Gasteiger partial charge in [-0.15, -0.1) is 5.10 Å². The number of nitrogens with zero attached hydrogens (tertiary/aromatic N) is 3. The Morgan fingerprint density at radius 2 is 1.71 bits per heavy atom. The third kappa shape index (κ3) is 7.52. The maximum absolute atomic E-state index is 14.0. The second-order valence-corrected chi connectivity index (χ2v) is 13.9. The number of rotatable bonds is 11. The minimum absolute atomic E-state index is 0.0882. The van der Waals surface area contributed by atoms with Crippen molar-refractivity contribution in [3.63, 3.8) is 0 Å². The number of fused-ring (bicyclic) bond motifs is 1. The molecule has 2 heterocycles. The number of esters is 1. The highest BCUT2D eigenvalue weighted by Crippen LogP contribution is 2.41. The lowest BCUT2D eigenvalue weighted by molar-refractivity contribution is -0.146. The lowest BCUT2D eigenvalue weighted by atomic mass is 9.94. The highest BCUT2D eigenvalue weighted by Gasteiger charge is 2.37. The van der Waals surface area contributed by atoms with Crippen molar-refractivity contribution in [3.05, 3.63) is 104 Å². The molecule has 0 radical (unpaired) electrons. The molecule has 6 rings (SSSR count). The molecular formula is C38H43ClN4O4S. The van der Waals surface area contributed by atoms with Gasteiger partial charge in [-0.2, -0.15) is 4.98 Å². The van der Waals surface area contributed by atoms with E-state index < -0.39 is 6.04 Å². The van der Waals surface area contributed by atoms with E-state index in [1.807, 2.05) is 56.3 Å². The van der Waals surface area contributed by atoms with Crippen LogP contribution in [-0.4, -0.2) is 33.4 Å². The van der Waals surface area contributed by atoms with Crippen molar-refractivity contribution in [2.45, 2.75) is 96.4 Å². The van der Waals surface area contributed by atoms with Crippen molar-refractivity contribution in [1.29, 1.82) is 0 Å². The molecule has 4 aromatic rings. The number of carbonyl (C=O) groups excluding carboxylic acids is 1. The molecule has 252 valence electrons. The van der Waals surface area contributed by atoms with Gasteiger partial charge < -0.3 is 19.5 Å². The zero-order valence-electron chi connectivity index (χ0n) is 28.3. The second-order valence-electron chi connectivity index (χ2n) is 12.6. The number of anilines is 1. The van der Waals surface area contributed by atoms with Crippen LogP contribution in [0, 0.1) is 20.8 Å². The van der Waals surface area contributed by atoms with Crippen LogP contribution in [0.15, 0.2) is 71.0 Å². The van der Waals surface area contributed by atoms with Crippen molar-refractivity contribution < 1.29 is 19.0 Å². The zero-order valence-corrected chi connectivity index (χ0v) is 29.8. The molecule has 2 aliphatic rings. The third-order valence-corrected chi connectivity index (χ3v) is 10.4. The minimum atomic E-state index is -0.588. The molecule has 0 spiro atoms. The van der Waals surface area contributed by atoms with Crippen molar-refractivity contribution in [1.82, 2.24) is 14.8 Å². The molecule has 1 fully saturated rings. The summed E-state index contributed by atoms with van der Waals surface area (Å²) in [5.41, 5.74) is 7.81. The van der Waals surface area contributed by atoms with Gasteiger partial charge >= 0.3 is 5.97 Å². The Hall–Kier alpha value is -3.95. The number of aryl methyl sites for hydroxylation is 3. The largest absolute Gasteiger partial charge is 0.490 e. The fraction of sp³-hybridized carbons (Fsp3) is 0.395. The third-order valence-electron chi connectivity index (χ3n) is 9.11. The van der Waals surface area contributed by atoms with E-state index in [4.69, 9.17) is 35.9 Å². The topological polar surface area (TPSA) is 87.5 Å². The first-order chi connectivity index (χ1) is 23.2. The molecule has 0 saturated heterocycles. The number of benzene rings is 3. The van der Waals surface area contributed by atoms with E-state index in [9.17, 15) is 4.79 Å². The Balaban J connectivity index is 1.34. The summed E-state index contributed by atoms with van der Waals surface area (Å²) in [4.78, 5) is 18.8. The fourth-order valence-electron chi connectivity index (χ4n) is 6.33. The minimum Gasteiger partial charge on any atom is -0.490 e. The van der Waals surface area contributed by atoms with Crippen molar-refractivity contribution in [2.24, 2.45) is 0 Å². The van der Waals surface area contributed by atoms with Gasteiger partial charge in [-0.25, -0.2) is 9.48 Å². The van der Waals surface area contributed by atoms with Crippen LogP contribution in [0.3, 0.4) is 0 Å². The fourth-order valence-corrected chi connectivity index (χ4v) is 7.45. The van der Waals surface area contributed by atoms with Gasteiger partial charge in [0.05, 0.1) is 12.2 Å². The van der Waals surface area contributed by atoms with Crippen LogP contribution in [0.4, 0.5) is 5.95 Å². The monoisotopic (exact) mass is 686 g/mol. The summed E-state index contributed by atoms with van der Waals surface area (Å²) < 4.78 is 20.4. The predicted molar refractivity (Wildman–Crippen MR) is 191 cm³/mol. The predicted octanol–water partition coefficient (Wildman–Crippen LogP) is 9.29. The molecule has 1 aromatic heterocycles. The molecule has 0 amide bonds. The molecule has 1 saturated carbocycles. The van der Waals surface area contributed by atoms with E-state index in [2.05, 4.69) is 38.2 Å². The number of halogens is 1. The summed E-state index contributed by atoms with van der Waals surface area (Å²) in [5.74, 6) is 2.05. The Morgan fingerprint density at radius 1 is 0.938 bits per heavy atom. The molecule has 1 unspecified atom stereocenters. The number of nitrogens with one attached hydrogen (secondary N) is 1. The highest BCUT2D eigenvalue weighted by molar-refractivity contribution is 7.98. The Kier molecular flexibility index (Phi) is 10.7. The first-order valence-electron chi connectivity index (χ1n) is 16.7. The van der Waals surface area contributed by atoms with Crippen molar-refractivity contribution >= 4 is 35.3 Å². The summed E-state index contributed by atoms with van der Waals surface area (Å²) in [6.07, 6.45) is 4.99. The number of thioether (sulfide) groups is 1. The van der Waals surface area contributed by atoms with Crippen molar-refractivity contribution in [3.8, 4) is 11.5 Å². The SMILES string of the molecule is CCOc1cc(C2C(C(=O)OC3CCCCC3)=C(C)Nc3nc(SCc4ccccc4Cl)nn32)ccc1OCc1cc(C)c(C)cc1C. The van der Waals surface area contributed by atoms with Gasteiger partial charge in [0, 0.05) is 16.5 Å². The maximum Gasteiger partial charge on any atom is 0.338 e. The van der Waals surface area contributed by atoms with E-state index in [-0.39, 0.29) is 12.1 Å². The van der Waals surface area contributed by atoms with Gasteiger partial charge in [0.1, 0.15) is 18.8 Å². The number of hydrogen-bond donors (Lipinski definition) is 1. The molecule has 1 aliphatic heterocycles. The molecule has 3 aromatic carbocycles. The average molecular weight is 687 g/mol. The number of hydrogen-bond acceptors (Lipinski definition) is 8. The van der Waals surface area contributed by atoms with Gasteiger partial charge in [-0.3, -0.25) is 0 Å². The first-order valence-corrected chi connectivity index (χ1v) is 18.1. The molecule has 48 heavy (non-hydrogen) atoms. The van der Waals surface area contributed by atoms with Crippen LogP contribution in [-0.2, 0) is 21.9 Å². The normalized spacial score (nSPS) is 16.3. The number of allylic oxidation sites excluding steroid dienone is 1. The first kappa shape index (κ1) is 33.9. The van der Waals surface area contributed by atoms with Crippen LogP contribution in [0.5, 0.6) is 11.5 Å². The molecule has 1 aliphatic carbocycles. The quantitative estimate of drug-likeness (QED) is 0.123. The van der Waals surface area contributed by atoms with Crippen LogP contribution < -0.4 is 14.8 Å². The molecule has 0 bridgehead atoms. The smallest absolute Gasteiger partial charge is 0.338 e. The second kappa shape index (κ2) is 15.1. The van der Waals surface area contributed by atoms with E-state index in [1.165, 1.54) is 34.9 Å². The zero-order chi connectivity index (χ0) is 33.8. The van der Waals surface area contributed by atoms with Gasteiger partial charge in [0.15, 0.2) is 11.5 Å². The standard InChI is InChI=1S/C38H43ClN4O4S/c1-6-45-33-20-27(16-17-32(33)46-21-29-19-24(3)23(2)18-25(29)4)35-34(36(44)47-30-13-8-7-9-14-30)26(5)40-37-41-38(42-43(35)37)48-22-28-12-10-11-15-31(28)39/h10-12,15-20,30,35H,6-9,13-14,21-22H2,1-5H3,(H,40,41,42). The highest BCUT2D eigenvalue weighted by atomic mass is 35.5. The van der Waals surface area contributed by atoms with E-state index in [1.54, 1.807) is 4.68 Å². The van der Waals surface area contributed by atoms with Crippen molar-refractivity contribution in [2.75, 3.05) is 11.9 Å². The Morgan fingerprint density at radius 3 is 2.48 bits per heavy atom. The Labute approximate surface area is 292 Å². The molecular weight excluding hydrogens is 644 g/mol. The summed E-state index contributed by atoms with van der Waals surface area (Å²) in [5, 5.41) is 9.53. The lowest BCUT2D eigenvalue weighted by Gasteiger charge is -2.30. The number of ether oxygens (including phenoxy) is 3. The van der Waals surface area contributed by atoms with Gasteiger partial charge in [-0.1, -0.05) is 66.2 Å². The molecule has 1 atom stereocenters. The Bertz CT molecular complexity index is 1830. The lowest BCUT2D eigenvalue weighted by Crippen LogP contribution is -2.32. The van der Waals surface area contributed by atoms with Gasteiger partial charge in [-0.05, 0) is 112 Å². The van der Waals surface area contributed by atoms with E-state index in [0.717, 1.165) is 42.4 Å². The summed E-state index contributed by atoms with van der Waals surface area (Å²) in [7, 11) is 0. The van der Waals surface area contributed by atoms with E-state index in [0.29, 0.717) is 57.9 Å². The average Bonchev–Trinajstić information content (AvgIpc) is 3.48. The molecule has 1 N–H and O–H groups in total. The summed E-state index contributed by atoms with van der Waals surface area (Å²) in [6.45, 7) is 11.1. The van der Waals surface area contributed by atoms with Crippen LogP contribution >= 0.6 is 23.4 Å².